The zero-order chi connectivity index (χ0) is 16.2. The van der Waals surface area contributed by atoms with Crippen LogP contribution in [0.5, 0.6) is 0 Å². The van der Waals surface area contributed by atoms with Gasteiger partial charge in [-0.3, -0.25) is 9.69 Å². The summed E-state index contributed by atoms with van der Waals surface area (Å²) in [5.41, 5.74) is -0.890. The normalized spacial score (nSPS) is 24.2. The average Bonchev–Trinajstić information content (AvgIpc) is 2.39. The molecule has 1 saturated heterocycles. The number of carbonyl (C=O) groups is 1. The topological polar surface area (TPSA) is 52.6 Å². The van der Waals surface area contributed by atoms with Crippen molar-refractivity contribution in [2.45, 2.75) is 69.2 Å². The van der Waals surface area contributed by atoms with Crippen LogP contribution in [0.25, 0.3) is 0 Å². The Morgan fingerprint density at radius 3 is 2.32 bits per heavy atom. The van der Waals surface area contributed by atoms with Crippen molar-refractivity contribution in [3.05, 3.63) is 0 Å². The Morgan fingerprint density at radius 2 is 1.77 bits per heavy atom. The fourth-order valence-electron chi connectivity index (χ4n) is 3.45. The Hall–Kier alpha value is -0.820. The maximum Gasteiger partial charge on any atom is 0.401 e. The van der Waals surface area contributed by atoms with E-state index in [0.29, 0.717) is 38.8 Å². The highest BCUT2D eigenvalue weighted by molar-refractivity contribution is 5.77. The fourth-order valence-corrected chi connectivity index (χ4v) is 3.45. The summed E-state index contributed by atoms with van der Waals surface area (Å²) in [7, 11) is 0. The van der Waals surface area contributed by atoms with Crippen LogP contribution in [0.4, 0.5) is 13.2 Å². The van der Waals surface area contributed by atoms with Crippen molar-refractivity contribution in [2.24, 2.45) is 0 Å². The lowest BCUT2D eigenvalue weighted by Crippen LogP contribution is -2.48. The molecule has 2 aliphatic rings. The molecule has 1 aliphatic heterocycles. The van der Waals surface area contributed by atoms with Crippen LogP contribution >= 0.6 is 0 Å². The standard InChI is InChI=1S/C15H25F3N2O2/c16-15(17,18)11-20-8-4-12(5-9-20)19-13(21)10-14(22)6-2-1-3-7-14/h12,22H,1-11H2,(H,19,21). The minimum atomic E-state index is -4.17. The van der Waals surface area contributed by atoms with Crippen LogP contribution in [0.2, 0.25) is 0 Å². The molecule has 0 radical (unpaired) electrons. The lowest BCUT2D eigenvalue weighted by molar-refractivity contribution is -0.148. The van der Waals surface area contributed by atoms with E-state index in [-0.39, 0.29) is 18.4 Å². The van der Waals surface area contributed by atoms with Crippen LogP contribution < -0.4 is 5.32 Å². The van der Waals surface area contributed by atoms with E-state index in [2.05, 4.69) is 5.32 Å². The molecule has 7 heteroatoms. The monoisotopic (exact) mass is 322 g/mol. The highest BCUT2D eigenvalue weighted by atomic mass is 19.4. The van der Waals surface area contributed by atoms with E-state index in [1.165, 1.54) is 4.90 Å². The highest BCUT2D eigenvalue weighted by Crippen LogP contribution is 2.30. The molecule has 0 aromatic heterocycles. The zero-order valence-electron chi connectivity index (χ0n) is 12.8. The van der Waals surface area contributed by atoms with Crippen molar-refractivity contribution in [1.29, 1.82) is 0 Å². The molecule has 2 N–H and O–H groups in total. The lowest BCUT2D eigenvalue weighted by atomic mass is 9.82. The lowest BCUT2D eigenvalue weighted by Gasteiger charge is -2.34. The number of likely N-dealkylation sites (tertiary alicyclic amines) is 1. The van der Waals surface area contributed by atoms with Gasteiger partial charge in [-0.2, -0.15) is 13.2 Å². The molecule has 0 aromatic rings. The first-order valence-corrected chi connectivity index (χ1v) is 8.07. The molecule has 128 valence electrons. The summed E-state index contributed by atoms with van der Waals surface area (Å²) >= 11 is 0. The number of amides is 1. The van der Waals surface area contributed by atoms with E-state index in [0.717, 1.165) is 19.3 Å². The predicted molar refractivity (Wildman–Crippen MR) is 76.3 cm³/mol. The molecule has 1 heterocycles. The highest BCUT2D eigenvalue weighted by Gasteiger charge is 2.34. The number of hydrogen-bond donors (Lipinski definition) is 2. The second-order valence-electron chi connectivity index (χ2n) is 6.69. The van der Waals surface area contributed by atoms with Crippen LogP contribution in [-0.2, 0) is 4.79 Å². The first kappa shape index (κ1) is 17.5. The number of hydrogen-bond acceptors (Lipinski definition) is 3. The van der Waals surface area contributed by atoms with Crippen LogP contribution in [0.1, 0.15) is 51.4 Å². The second kappa shape index (κ2) is 7.17. The molecule has 22 heavy (non-hydrogen) atoms. The Kier molecular flexibility index (Phi) is 5.71. The van der Waals surface area contributed by atoms with Crippen LogP contribution in [0.15, 0.2) is 0 Å². The van der Waals surface area contributed by atoms with Crippen molar-refractivity contribution < 1.29 is 23.1 Å². The largest absolute Gasteiger partial charge is 0.401 e. The number of rotatable bonds is 4. The average molecular weight is 322 g/mol. The molecule has 4 nitrogen and oxygen atoms in total. The Bertz CT molecular complexity index is 373. The van der Waals surface area contributed by atoms with Gasteiger partial charge in [0.05, 0.1) is 18.6 Å². The van der Waals surface area contributed by atoms with Crippen LogP contribution in [0.3, 0.4) is 0 Å². The number of halogens is 3. The van der Waals surface area contributed by atoms with Gasteiger partial charge in [-0.25, -0.2) is 0 Å². The third-order valence-electron chi connectivity index (χ3n) is 4.63. The van der Waals surface area contributed by atoms with E-state index >= 15 is 0 Å². The van der Waals surface area contributed by atoms with Crippen LogP contribution in [0, 0.1) is 0 Å². The van der Waals surface area contributed by atoms with Gasteiger partial charge in [0.1, 0.15) is 0 Å². The number of alkyl halides is 3. The molecule has 0 aromatic carbocycles. The summed E-state index contributed by atoms with van der Waals surface area (Å²) in [6, 6.07) is -0.0795. The number of nitrogens with zero attached hydrogens (tertiary/aromatic N) is 1. The molecule has 0 bridgehead atoms. The van der Waals surface area contributed by atoms with E-state index < -0.39 is 18.3 Å². The van der Waals surface area contributed by atoms with Gasteiger partial charge in [0.25, 0.3) is 0 Å². The molecule has 2 fully saturated rings. The van der Waals surface area contributed by atoms with Crippen molar-refractivity contribution in [2.75, 3.05) is 19.6 Å². The molecule has 1 amide bonds. The molecule has 1 saturated carbocycles. The second-order valence-corrected chi connectivity index (χ2v) is 6.69. The number of nitrogens with one attached hydrogen (secondary N) is 1. The predicted octanol–water partition coefficient (Wildman–Crippen LogP) is 2.21. The summed E-state index contributed by atoms with van der Waals surface area (Å²) in [4.78, 5) is 13.4. The molecule has 1 aliphatic carbocycles. The van der Waals surface area contributed by atoms with Gasteiger partial charge < -0.3 is 10.4 Å². The molecular weight excluding hydrogens is 297 g/mol. The molecular formula is C15H25F3N2O2. The SMILES string of the molecule is O=C(CC1(O)CCCCC1)NC1CCN(CC(F)(F)F)CC1. The smallest absolute Gasteiger partial charge is 0.389 e. The van der Waals surface area contributed by atoms with E-state index in [1.807, 2.05) is 0 Å². The van der Waals surface area contributed by atoms with Gasteiger partial charge in [0.15, 0.2) is 0 Å². The summed E-state index contributed by atoms with van der Waals surface area (Å²) < 4.78 is 36.9. The van der Waals surface area contributed by atoms with Gasteiger partial charge in [-0.1, -0.05) is 19.3 Å². The van der Waals surface area contributed by atoms with Gasteiger partial charge in [0.2, 0.25) is 5.91 Å². The summed E-state index contributed by atoms with van der Waals surface area (Å²) in [5, 5.41) is 13.2. The Balaban J connectivity index is 1.70. The van der Waals surface area contributed by atoms with E-state index in [9.17, 15) is 23.1 Å². The van der Waals surface area contributed by atoms with Gasteiger partial charge in [0, 0.05) is 19.1 Å². The first-order chi connectivity index (χ1) is 10.3. The summed E-state index contributed by atoms with van der Waals surface area (Å²) in [5.74, 6) is -0.182. The molecule has 0 unspecified atom stereocenters. The van der Waals surface area contributed by atoms with Crippen molar-refractivity contribution >= 4 is 5.91 Å². The Labute approximate surface area is 129 Å². The summed E-state index contributed by atoms with van der Waals surface area (Å²) in [6.45, 7) is -0.198. The fraction of sp³-hybridized carbons (Fsp3) is 0.933. The van der Waals surface area contributed by atoms with Gasteiger partial charge in [-0.05, 0) is 25.7 Å². The third kappa shape index (κ3) is 5.76. The van der Waals surface area contributed by atoms with Crippen molar-refractivity contribution in [3.8, 4) is 0 Å². The maximum absolute atomic E-state index is 12.3. The minimum Gasteiger partial charge on any atom is -0.389 e. The van der Waals surface area contributed by atoms with E-state index in [4.69, 9.17) is 0 Å². The van der Waals surface area contributed by atoms with Crippen LogP contribution in [-0.4, -0.2) is 53.4 Å². The van der Waals surface area contributed by atoms with Crippen molar-refractivity contribution in [1.82, 2.24) is 10.2 Å². The quantitative estimate of drug-likeness (QED) is 0.834. The minimum absolute atomic E-state index is 0.0795. The first-order valence-electron chi connectivity index (χ1n) is 8.07. The molecule has 0 atom stereocenters. The Morgan fingerprint density at radius 1 is 1.18 bits per heavy atom. The van der Waals surface area contributed by atoms with Gasteiger partial charge in [-0.15, -0.1) is 0 Å². The van der Waals surface area contributed by atoms with E-state index in [1.54, 1.807) is 0 Å². The number of piperidine rings is 1. The number of aliphatic hydroxyl groups is 1. The molecule has 0 spiro atoms. The van der Waals surface area contributed by atoms with Crippen molar-refractivity contribution in [3.63, 3.8) is 0 Å². The summed E-state index contributed by atoms with van der Waals surface area (Å²) in [6.07, 6.45) is 1.30. The van der Waals surface area contributed by atoms with Gasteiger partial charge >= 0.3 is 6.18 Å². The maximum atomic E-state index is 12.3. The number of carbonyl (C=O) groups excluding carboxylic acids is 1. The zero-order valence-corrected chi connectivity index (χ0v) is 12.8. The molecule has 2 rings (SSSR count). The third-order valence-corrected chi connectivity index (χ3v) is 4.63.